The Labute approximate surface area is 73.3 Å². The summed E-state index contributed by atoms with van der Waals surface area (Å²) < 4.78 is 5.14. The monoisotopic (exact) mass is 168 g/mol. The first-order chi connectivity index (χ1) is 5.80. The van der Waals surface area contributed by atoms with Gasteiger partial charge >= 0.3 is 0 Å². The topological polar surface area (TPSA) is 26.3 Å². The zero-order valence-electron chi connectivity index (χ0n) is 7.58. The van der Waals surface area contributed by atoms with E-state index in [0.29, 0.717) is 12.5 Å². The van der Waals surface area contributed by atoms with Crippen molar-refractivity contribution >= 4 is 6.29 Å². The van der Waals surface area contributed by atoms with Crippen molar-refractivity contribution in [3.63, 3.8) is 0 Å². The maximum absolute atomic E-state index is 11.0. The van der Waals surface area contributed by atoms with Gasteiger partial charge in [-0.15, -0.1) is 0 Å². The van der Waals surface area contributed by atoms with Crippen molar-refractivity contribution in [1.29, 1.82) is 0 Å². The zero-order chi connectivity index (χ0) is 8.60. The van der Waals surface area contributed by atoms with Crippen molar-refractivity contribution in [3.8, 4) is 0 Å². The molecule has 2 nitrogen and oxygen atoms in total. The van der Waals surface area contributed by atoms with Crippen LogP contribution >= 0.6 is 0 Å². The van der Waals surface area contributed by atoms with E-state index in [2.05, 4.69) is 0 Å². The molecule has 2 aliphatic rings. The molecule has 2 saturated carbocycles. The Bertz CT molecular complexity index is 190. The van der Waals surface area contributed by atoms with Crippen molar-refractivity contribution in [1.82, 2.24) is 0 Å². The van der Waals surface area contributed by atoms with Gasteiger partial charge in [0.2, 0.25) is 0 Å². The molecule has 0 aromatic rings. The Balaban J connectivity index is 2.13. The summed E-state index contributed by atoms with van der Waals surface area (Å²) in [5, 5.41) is 0. The second-order valence-electron chi connectivity index (χ2n) is 4.36. The first-order valence-corrected chi connectivity index (χ1v) is 4.76. The van der Waals surface area contributed by atoms with Crippen LogP contribution in [0.3, 0.4) is 0 Å². The van der Waals surface area contributed by atoms with Crippen molar-refractivity contribution < 1.29 is 9.53 Å². The summed E-state index contributed by atoms with van der Waals surface area (Å²) in [6.45, 7) is 0.637. The molecule has 2 heteroatoms. The molecule has 2 rings (SSSR count). The molecule has 2 bridgehead atoms. The summed E-state index contributed by atoms with van der Waals surface area (Å²) in [5.41, 5.74) is -0.0995. The van der Waals surface area contributed by atoms with Crippen LogP contribution in [0.15, 0.2) is 0 Å². The van der Waals surface area contributed by atoms with Crippen LogP contribution in [0.25, 0.3) is 0 Å². The SMILES string of the molecule is COCC1(C=O)CC2CCC1C2. The number of aldehydes is 1. The number of carbonyl (C=O) groups is 1. The predicted octanol–water partition coefficient (Wildman–Crippen LogP) is 1.64. The molecule has 2 fully saturated rings. The number of hydrogen-bond acceptors (Lipinski definition) is 2. The van der Waals surface area contributed by atoms with Crippen LogP contribution in [-0.2, 0) is 9.53 Å². The lowest BCUT2D eigenvalue weighted by molar-refractivity contribution is -0.122. The van der Waals surface area contributed by atoms with Crippen molar-refractivity contribution in [3.05, 3.63) is 0 Å². The predicted molar refractivity (Wildman–Crippen MR) is 45.8 cm³/mol. The van der Waals surface area contributed by atoms with Crippen LogP contribution < -0.4 is 0 Å². The van der Waals surface area contributed by atoms with Gasteiger partial charge in [-0.3, -0.25) is 0 Å². The highest BCUT2D eigenvalue weighted by molar-refractivity contribution is 5.61. The molecular formula is C10H16O2. The third-order valence-electron chi connectivity index (χ3n) is 3.67. The lowest BCUT2D eigenvalue weighted by atomic mass is 9.75. The van der Waals surface area contributed by atoms with Crippen LogP contribution in [0, 0.1) is 17.3 Å². The van der Waals surface area contributed by atoms with Crippen LogP contribution in [-0.4, -0.2) is 20.0 Å². The minimum atomic E-state index is -0.0995. The van der Waals surface area contributed by atoms with Gasteiger partial charge in [0.25, 0.3) is 0 Å². The van der Waals surface area contributed by atoms with E-state index >= 15 is 0 Å². The van der Waals surface area contributed by atoms with Gasteiger partial charge in [-0.1, -0.05) is 6.42 Å². The standard InChI is InChI=1S/C10H16O2/c1-12-7-10(6-11)5-8-2-3-9(10)4-8/h6,8-9H,2-5,7H2,1H3. The molecule has 3 atom stereocenters. The molecule has 68 valence electrons. The molecule has 0 heterocycles. The second kappa shape index (κ2) is 2.84. The number of ether oxygens (including phenoxy) is 1. The quantitative estimate of drug-likeness (QED) is 0.599. The molecule has 0 aliphatic heterocycles. The van der Waals surface area contributed by atoms with E-state index in [1.165, 1.54) is 19.3 Å². The Hall–Kier alpha value is -0.370. The normalized spacial score (nSPS) is 45.1. The number of fused-ring (bicyclic) bond motifs is 2. The lowest BCUT2D eigenvalue weighted by Gasteiger charge is -2.31. The first kappa shape index (κ1) is 8.24. The average Bonchev–Trinajstić information content (AvgIpc) is 2.64. The fourth-order valence-corrected chi connectivity index (χ4v) is 3.11. The van der Waals surface area contributed by atoms with Crippen molar-refractivity contribution in [2.24, 2.45) is 17.3 Å². The molecule has 0 aromatic heterocycles. The minimum Gasteiger partial charge on any atom is -0.384 e. The molecule has 0 radical (unpaired) electrons. The van der Waals surface area contributed by atoms with Crippen molar-refractivity contribution in [2.75, 3.05) is 13.7 Å². The number of rotatable bonds is 3. The molecule has 2 aliphatic carbocycles. The van der Waals surface area contributed by atoms with E-state index in [1.807, 2.05) is 0 Å². The van der Waals surface area contributed by atoms with Gasteiger partial charge in [0.15, 0.2) is 0 Å². The smallest absolute Gasteiger partial charge is 0.128 e. The fraction of sp³-hybridized carbons (Fsp3) is 0.900. The summed E-state index contributed by atoms with van der Waals surface area (Å²) in [6, 6.07) is 0. The van der Waals surface area contributed by atoms with Gasteiger partial charge in [-0.25, -0.2) is 0 Å². The molecule has 12 heavy (non-hydrogen) atoms. The lowest BCUT2D eigenvalue weighted by Crippen LogP contribution is -2.34. The average molecular weight is 168 g/mol. The minimum absolute atomic E-state index is 0.0995. The first-order valence-electron chi connectivity index (χ1n) is 4.76. The summed E-state index contributed by atoms with van der Waals surface area (Å²) in [7, 11) is 1.69. The van der Waals surface area contributed by atoms with Gasteiger partial charge in [0, 0.05) is 7.11 Å². The number of hydrogen-bond donors (Lipinski definition) is 0. The summed E-state index contributed by atoms with van der Waals surface area (Å²) >= 11 is 0. The fourth-order valence-electron chi connectivity index (χ4n) is 3.11. The van der Waals surface area contributed by atoms with E-state index in [1.54, 1.807) is 7.11 Å². The Morgan fingerprint density at radius 2 is 2.42 bits per heavy atom. The third-order valence-corrected chi connectivity index (χ3v) is 3.67. The molecule has 0 spiro atoms. The molecule has 0 amide bonds. The van der Waals surface area contributed by atoms with E-state index in [4.69, 9.17) is 4.74 Å². The van der Waals surface area contributed by atoms with Gasteiger partial charge in [0.1, 0.15) is 6.29 Å². The Morgan fingerprint density at radius 3 is 2.83 bits per heavy atom. The van der Waals surface area contributed by atoms with Gasteiger partial charge in [-0.2, -0.15) is 0 Å². The zero-order valence-corrected chi connectivity index (χ0v) is 7.58. The third kappa shape index (κ3) is 1.01. The van der Waals surface area contributed by atoms with Crippen LogP contribution in [0.4, 0.5) is 0 Å². The summed E-state index contributed by atoms with van der Waals surface area (Å²) in [4.78, 5) is 11.0. The Kier molecular flexibility index (Phi) is 1.95. The highest BCUT2D eigenvalue weighted by atomic mass is 16.5. The molecule has 0 saturated heterocycles. The van der Waals surface area contributed by atoms with E-state index in [0.717, 1.165) is 18.6 Å². The van der Waals surface area contributed by atoms with Crippen LogP contribution in [0.2, 0.25) is 0 Å². The summed E-state index contributed by atoms with van der Waals surface area (Å²) in [5.74, 6) is 1.44. The summed E-state index contributed by atoms with van der Waals surface area (Å²) in [6.07, 6.45) is 6.08. The Morgan fingerprint density at radius 1 is 1.58 bits per heavy atom. The van der Waals surface area contributed by atoms with Crippen LogP contribution in [0.5, 0.6) is 0 Å². The van der Waals surface area contributed by atoms with Crippen molar-refractivity contribution in [2.45, 2.75) is 25.7 Å². The number of methoxy groups -OCH3 is 1. The highest BCUT2D eigenvalue weighted by Gasteiger charge is 2.50. The molecule has 0 N–H and O–H groups in total. The van der Waals surface area contributed by atoms with Gasteiger partial charge in [0.05, 0.1) is 12.0 Å². The van der Waals surface area contributed by atoms with Crippen LogP contribution in [0.1, 0.15) is 25.7 Å². The van der Waals surface area contributed by atoms with E-state index < -0.39 is 0 Å². The maximum atomic E-state index is 11.0. The number of carbonyl (C=O) groups excluding carboxylic acids is 1. The molecular weight excluding hydrogens is 152 g/mol. The molecule has 0 aromatic carbocycles. The van der Waals surface area contributed by atoms with E-state index in [-0.39, 0.29) is 5.41 Å². The molecule has 3 unspecified atom stereocenters. The van der Waals surface area contributed by atoms with Gasteiger partial charge < -0.3 is 9.53 Å². The second-order valence-corrected chi connectivity index (χ2v) is 4.36. The maximum Gasteiger partial charge on any atom is 0.128 e. The van der Waals surface area contributed by atoms with Gasteiger partial charge in [-0.05, 0) is 31.1 Å². The van der Waals surface area contributed by atoms with E-state index in [9.17, 15) is 4.79 Å². The highest BCUT2D eigenvalue weighted by Crippen LogP contribution is 2.54. The largest absolute Gasteiger partial charge is 0.384 e.